The Balaban J connectivity index is 2.14. The lowest BCUT2D eigenvalue weighted by Gasteiger charge is -2.45. The second-order valence-corrected chi connectivity index (χ2v) is 5.53. The third-order valence-corrected chi connectivity index (χ3v) is 3.89. The molecule has 0 aromatic rings. The fraction of sp³-hybridized carbons (Fsp3) is 0.917. The Morgan fingerprint density at radius 1 is 0.913 bits per heavy atom. The number of carbonyl (C=O) groups excluding carboxylic acids is 1. The lowest BCUT2D eigenvalue weighted by molar-refractivity contribution is -0.367. The number of carboxylic acids is 1. The van der Waals surface area contributed by atoms with Gasteiger partial charge in [0.15, 0.2) is 12.6 Å². The highest BCUT2D eigenvalue weighted by Crippen LogP contribution is 2.28. The summed E-state index contributed by atoms with van der Waals surface area (Å²) < 4.78 is 14.8. The van der Waals surface area contributed by atoms with E-state index in [0.29, 0.717) is 0 Å². The van der Waals surface area contributed by atoms with E-state index in [4.69, 9.17) is 9.47 Å². The van der Waals surface area contributed by atoms with Gasteiger partial charge in [-0.2, -0.15) is 0 Å². The Morgan fingerprint density at radius 3 is 2.09 bits per heavy atom. The third kappa shape index (κ3) is 3.47. The first-order valence-electron chi connectivity index (χ1n) is 6.90. The standard InChI is InChI=1S/C12H20O11/c1-2-3(13)4(14)5(15)12(21-2)23-8-6(16)9(10(18)19)22-11(20)7(8)17/h2-9,11-17,20H,1H3,(H,18,19)/p-1/t2-,3-,4+,5+,6-,7+,8-,9-,11+,12-/m0/s1. The van der Waals surface area contributed by atoms with Gasteiger partial charge >= 0.3 is 0 Å². The van der Waals surface area contributed by atoms with Crippen LogP contribution < -0.4 is 5.11 Å². The van der Waals surface area contributed by atoms with Gasteiger partial charge in [-0.05, 0) is 6.92 Å². The highest BCUT2D eigenvalue weighted by Gasteiger charge is 2.50. The average Bonchev–Trinajstić information content (AvgIpc) is 2.49. The molecule has 0 bridgehead atoms. The Kier molecular flexibility index (Phi) is 5.56. The minimum atomic E-state index is -1.99. The van der Waals surface area contributed by atoms with Gasteiger partial charge in [-0.3, -0.25) is 0 Å². The summed E-state index contributed by atoms with van der Waals surface area (Å²) >= 11 is 0. The van der Waals surface area contributed by atoms with Crippen LogP contribution in [0.2, 0.25) is 0 Å². The number of aliphatic hydroxyl groups is 6. The van der Waals surface area contributed by atoms with Crippen LogP contribution in [0.1, 0.15) is 6.92 Å². The minimum absolute atomic E-state index is 0.950. The lowest BCUT2D eigenvalue weighted by atomic mass is 9.97. The number of hydrogen-bond acceptors (Lipinski definition) is 11. The van der Waals surface area contributed by atoms with Crippen molar-refractivity contribution in [2.45, 2.75) is 68.3 Å². The molecule has 0 radical (unpaired) electrons. The first kappa shape index (κ1) is 18.4. The summed E-state index contributed by atoms with van der Waals surface area (Å²) in [5, 5.41) is 69.1. The Hall–Kier alpha value is -0.890. The largest absolute Gasteiger partial charge is 0.547 e. The van der Waals surface area contributed by atoms with Crippen molar-refractivity contribution in [2.24, 2.45) is 0 Å². The molecule has 0 spiro atoms. The number of ether oxygens (including phenoxy) is 3. The third-order valence-electron chi connectivity index (χ3n) is 3.89. The van der Waals surface area contributed by atoms with Crippen LogP contribution >= 0.6 is 0 Å². The maximum Gasteiger partial charge on any atom is 0.187 e. The lowest BCUT2D eigenvalue weighted by Crippen LogP contribution is -2.65. The normalized spacial score (nSPS) is 51.4. The zero-order chi connectivity index (χ0) is 17.5. The second-order valence-electron chi connectivity index (χ2n) is 5.53. The fourth-order valence-corrected chi connectivity index (χ4v) is 2.48. The number of aliphatic hydroxyl groups excluding tert-OH is 6. The molecule has 10 atom stereocenters. The summed E-state index contributed by atoms with van der Waals surface area (Å²) in [7, 11) is 0. The van der Waals surface area contributed by atoms with Crippen molar-refractivity contribution < 1.29 is 54.8 Å². The van der Waals surface area contributed by atoms with E-state index < -0.39 is 67.4 Å². The molecule has 2 fully saturated rings. The zero-order valence-electron chi connectivity index (χ0n) is 12.0. The molecule has 2 aliphatic heterocycles. The summed E-state index contributed by atoms with van der Waals surface area (Å²) in [6.45, 7) is 1.38. The van der Waals surface area contributed by atoms with E-state index in [1.165, 1.54) is 6.92 Å². The summed E-state index contributed by atoms with van der Waals surface area (Å²) in [4.78, 5) is 10.9. The first-order chi connectivity index (χ1) is 10.6. The summed E-state index contributed by atoms with van der Waals surface area (Å²) in [6, 6.07) is 0. The summed E-state index contributed by atoms with van der Waals surface area (Å²) in [6.07, 6.45) is -16.8. The van der Waals surface area contributed by atoms with Gasteiger partial charge in [0.2, 0.25) is 0 Å². The number of rotatable bonds is 3. The van der Waals surface area contributed by atoms with Crippen molar-refractivity contribution in [1.29, 1.82) is 0 Å². The number of carbonyl (C=O) groups is 1. The predicted octanol–water partition coefficient (Wildman–Crippen LogP) is -5.61. The van der Waals surface area contributed by atoms with Crippen molar-refractivity contribution >= 4 is 5.97 Å². The Morgan fingerprint density at radius 2 is 1.52 bits per heavy atom. The first-order valence-corrected chi connectivity index (χ1v) is 6.90. The molecule has 11 heteroatoms. The average molecular weight is 339 g/mol. The van der Waals surface area contributed by atoms with Crippen molar-refractivity contribution in [2.75, 3.05) is 0 Å². The molecule has 0 amide bonds. The molecule has 0 aliphatic carbocycles. The molecule has 2 heterocycles. The molecule has 11 nitrogen and oxygen atoms in total. The summed E-state index contributed by atoms with van der Waals surface area (Å²) in [5.41, 5.74) is 0. The van der Waals surface area contributed by atoms with E-state index in [0.717, 1.165) is 0 Å². The van der Waals surface area contributed by atoms with Crippen LogP contribution in [0.4, 0.5) is 0 Å². The van der Waals surface area contributed by atoms with E-state index in [9.17, 15) is 40.5 Å². The van der Waals surface area contributed by atoms with Gasteiger partial charge in [-0.25, -0.2) is 0 Å². The van der Waals surface area contributed by atoms with E-state index in [1.807, 2.05) is 0 Å². The van der Waals surface area contributed by atoms with Crippen LogP contribution in [0.25, 0.3) is 0 Å². The van der Waals surface area contributed by atoms with E-state index in [-0.39, 0.29) is 0 Å². The van der Waals surface area contributed by atoms with Crippen LogP contribution in [0.15, 0.2) is 0 Å². The number of aliphatic carboxylic acids is 1. The van der Waals surface area contributed by atoms with Gasteiger partial charge < -0.3 is 54.8 Å². The van der Waals surface area contributed by atoms with Crippen molar-refractivity contribution in [3.8, 4) is 0 Å². The van der Waals surface area contributed by atoms with Crippen LogP contribution in [-0.4, -0.2) is 98.0 Å². The molecule has 0 unspecified atom stereocenters. The molecule has 0 aromatic carbocycles. The van der Waals surface area contributed by atoms with Crippen molar-refractivity contribution in [3.05, 3.63) is 0 Å². The number of hydrogen-bond donors (Lipinski definition) is 6. The maximum atomic E-state index is 10.9. The highest BCUT2D eigenvalue weighted by molar-refractivity contribution is 5.71. The van der Waals surface area contributed by atoms with Crippen LogP contribution in [0.3, 0.4) is 0 Å². The molecule has 23 heavy (non-hydrogen) atoms. The van der Waals surface area contributed by atoms with Gasteiger partial charge in [-0.1, -0.05) is 0 Å². The van der Waals surface area contributed by atoms with E-state index >= 15 is 0 Å². The van der Waals surface area contributed by atoms with Crippen molar-refractivity contribution in [1.82, 2.24) is 0 Å². The summed E-state index contributed by atoms with van der Waals surface area (Å²) in [5.74, 6) is -1.84. The molecule has 6 N–H and O–H groups in total. The molecule has 0 saturated carbocycles. The van der Waals surface area contributed by atoms with E-state index in [2.05, 4.69) is 4.74 Å². The van der Waals surface area contributed by atoms with Crippen LogP contribution in [-0.2, 0) is 19.0 Å². The van der Waals surface area contributed by atoms with E-state index in [1.54, 1.807) is 0 Å². The SMILES string of the molecule is C[C@@H]1O[C@@H](O[C@@H]2[C@@H](O)[C@H](O)O[C@H](C(=O)[O-])[C@H]2O)[C@H](O)[C@H](O)[C@H]1O. The molecular formula is C12H19O11-. The zero-order valence-corrected chi connectivity index (χ0v) is 12.0. The monoisotopic (exact) mass is 339 g/mol. The van der Waals surface area contributed by atoms with Gasteiger partial charge in [0.25, 0.3) is 0 Å². The Labute approximate surface area is 130 Å². The topological polar surface area (TPSA) is 189 Å². The fourth-order valence-electron chi connectivity index (χ4n) is 2.48. The molecular weight excluding hydrogens is 320 g/mol. The predicted molar refractivity (Wildman–Crippen MR) is 65.1 cm³/mol. The quantitative estimate of drug-likeness (QED) is 0.287. The minimum Gasteiger partial charge on any atom is -0.547 e. The molecule has 2 aliphatic rings. The van der Waals surface area contributed by atoms with Gasteiger partial charge in [0.1, 0.15) is 42.7 Å². The van der Waals surface area contributed by atoms with Gasteiger partial charge in [-0.15, -0.1) is 0 Å². The molecule has 0 aromatic heterocycles. The van der Waals surface area contributed by atoms with Gasteiger partial charge in [0, 0.05) is 0 Å². The Bertz CT molecular complexity index is 431. The second kappa shape index (κ2) is 6.93. The molecule has 134 valence electrons. The molecule has 2 saturated heterocycles. The number of carboxylic acid groups (broad SMARTS) is 1. The maximum absolute atomic E-state index is 10.9. The van der Waals surface area contributed by atoms with Crippen molar-refractivity contribution in [3.63, 3.8) is 0 Å². The smallest absolute Gasteiger partial charge is 0.187 e. The highest BCUT2D eigenvalue weighted by atomic mass is 16.7. The van der Waals surface area contributed by atoms with Crippen LogP contribution in [0.5, 0.6) is 0 Å². The van der Waals surface area contributed by atoms with Gasteiger partial charge in [0.05, 0.1) is 12.1 Å². The van der Waals surface area contributed by atoms with Crippen LogP contribution in [0, 0.1) is 0 Å². The molecule has 2 rings (SSSR count).